The fraction of sp³-hybridized carbons (Fsp3) is 0.600. The number of hydrogen-bond donors (Lipinski definition) is 2. The maximum Gasteiger partial charge on any atom is 0.199 e. The first-order chi connectivity index (χ1) is 7.94. The summed E-state index contributed by atoms with van der Waals surface area (Å²) in [5, 5.41) is 0.683. The van der Waals surface area contributed by atoms with Gasteiger partial charge in [0, 0.05) is 5.30 Å². The van der Waals surface area contributed by atoms with Crippen LogP contribution >= 0.6 is 8.38 Å². The van der Waals surface area contributed by atoms with E-state index in [1.54, 1.807) is 0 Å². The van der Waals surface area contributed by atoms with Gasteiger partial charge in [-0.25, -0.2) is 0 Å². The highest BCUT2D eigenvalue weighted by molar-refractivity contribution is 7.54. The Hall–Kier alpha value is -0.430. The molecule has 1 aromatic carbocycles. The molecule has 0 saturated heterocycles. The number of benzene rings is 1. The summed E-state index contributed by atoms with van der Waals surface area (Å²) in [4.78, 5) is 19.2. The van der Waals surface area contributed by atoms with E-state index in [2.05, 4.69) is 47.6 Å². The minimum atomic E-state index is -2.05. The summed E-state index contributed by atoms with van der Waals surface area (Å²) in [6.07, 6.45) is 0. The summed E-state index contributed by atoms with van der Waals surface area (Å²) in [6.45, 7) is 14.9. The summed E-state index contributed by atoms with van der Waals surface area (Å²) in [5.41, 5.74) is 3.41. The summed E-state index contributed by atoms with van der Waals surface area (Å²) >= 11 is 0. The number of rotatable bonds is 1. The molecule has 0 atom stereocenters. The summed E-state index contributed by atoms with van der Waals surface area (Å²) in [7, 11) is -2.05. The average molecular weight is 268 g/mol. The first-order valence-corrected chi connectivity index (χ1v) is 7.53. The predicted molar refractivity (Wildman–Crippen MR) is 79.6 cm³/mol. The third-order valence-electron chi connectivity index (χ3n) is 3.17. The zero-order valence-electron chi connectivity index (χ0n) is 12.5. The van der Waals surface area contributed by atoms with Crippen molar-refractivity contribution in [1.82, 2.24) is 0 Å². The van der Waals surface area contributed by atoms with Crippen molar-refractivity contribution >= 4 is 13.7 Å². The lowest BCUT2D eigenvalue weighted by Crippen LogP contribution is -2.25. The Kier molecular flexibility index (Phi) is 4.27. The normalized spacial score (nSPS) is 13.2. The van der Waals surface area contributed by atoms with Crippen LogP contribution in [0.25, 0.3) is 0 Å². The van der Waals surface area contributed by atoms with Gasteiger partial charge in [0.1, 0.15) is 0 Å². The molecule has 3 heteroatoms. The smallest absolute Gasteiger partial charge is 0.199 e. The molecular formula is C15H25O2P. The molecule has 0 fully saturated rings. The van der Waals surface area contributed by atoms with Gasteiger partial charge in [-0.1, -0.05) is 47.6 Å². The van der Waals surface area contributed by atoms with Gasteiger partial charge < -0.3 is 9.79 Å². The molecule has 2 nitrogen and oxygen atoms in total. The van der Waals surface area contributed by atoms with E-state index in [1.165, 1.54) is 5.56 Å². The van der Waals surface area contributed by atoms with Crippen LogP contribution in [-0.4, -0.2) is 9.79 Å². The quantitative estimate of drug-likeness (QED) is 0.765. The van der Waals surface area contributed by atoms with Crippen LogP contribution in [0.1, 0.15) is 58.2 Å². The molecule has 0 spiro atoms. The maximum absolute atomic E-state index is 9.61. The molecule has 1 rings (SSSR count). The lowest BCUT2D eigenvalue weighted by molar-refractivity contribution is 0.494. The first kappa shape index (κ1) is 15.6. The molecule has 0 heterocycles. The van der Waals surface area contributed by atoms with Crippen LogP contribution in [-0.2, 0) is 10.8 Å². The topological polar surface area (TPSA) is 40.5 Å². The molecule has 0 radical (unpaired) electrons. The zero-order chi connectivity index (χ0) is 14.3. The van der Waals surface area contributed by atoms with Gasteiger partial charge >= 0.3 is 0 Å². The molecule has 0 aliphatic rings. The van der Waals surface area contributed by atoms with Crippen molar-refractivity contribution in [2.24, 2.45) is 0 Å². The highest BCUT2D eigenvalue weighted by Gasteiger charge is 2.26. The second-order valence-electron chi connectivity index (χ2n) is 6.97. The fourth-order valence-corrected chi connectivity index (χ4v) is 3.19. The van der Waals surface area contributed by atoms with Gasteiger partial charge in [-0.05, 0) is 40.5 Å². The standard InChI is InChI=1S/C15H25O2P/c1-10-8-13(18(16)17)12(15(5,6)7)9-11(10)14(2,3)4/h8-9,16-17H,1-7H3. The van der Waals surface area contributed by atoms with Gasteiger partial charge in [0.05, 0.1) is 0 Å². The molecule has 0 aliphatic carbocycles. The van der Waals surface area contributed by atoms with Gasteiger partial charge in [0.2, 0.25) is 0 Å². The minimum absolute atomic E-state index is 0.0658. The molecule has 0 bridgehead atoms. The van der Waals surface area contributed by atoms with E-state index in [-0.39, 0.29) is 10.8 Å². The molecule has 0 saturated carbocycles. The molecular weight excluding hydrogens is 243 g/mol. The van der Waals surface area contributed by atoms with Gasteiger partial charge in [0.15, 0.2) is 8.38 Å². The van der Waals surface area contributed by atoms with E-state index in [0.29, 0.717) is 5.30 Å². The second kappa shape index (κ2) is 4.92. The average Bonchev–Trinajstić information content (AvgIpc) is 2.12. The van der Waals surface area contributed by atoms with Crippen LogP contribution in [0.3, 0.4) is 0 Å². The van der Waals surface area contributed by atoms with E-state index in [0.717, 1.165) is 11.1 Å². The van der Waals surface area contributed by atoms with Crippen molar-refractivity contribution in [3.63, 3.8) is 0 Å². The van der Waals surface area contributed by atoms with Crippen molar-refractivity contribution in [1.29, 1.82) is 0 Å². The Balaban J connectivity index is 3.57. The van der Waals surface area contributed by atoms with Gasteiger partial charge in [-0.15, -0.1) is 0 Å². The summed E-state index contributed by atoms with van der Waals surface area (Å²) in [5.74, 6) is 0. The highest BCUT2D eigenvalue weighted by atomic mass is 31.2. The molecule has 0 unspecified atom stereocenters. The van der Waals surface area contributed by atoms with E-state index >= 15 is 0 Å². The zero-order valence-corrected chi connectivity index (χ0v) is 13.4. The Morgan fingerprint density at radius 3 is 1.61 bits per heavy atom. The first-order valence-electron chi connectivity index (χ1n) is 6.28. The maximum atomic E-state index is 9.61. The lowest BCUT2D eigenvalue weighted by Gasteiger charge is -2.29. The SMILES string of the molecule is Cc1cc(P(O)O)c(C(C)(C)C)cc1C(C)(C)C. The minimum Gasteiger partial charge on any atom is -0.347 e. The fourth-order valence-electron chi connectivity index (χ4n) is 2.27. The number of aryl methyl sites for hydroxylation is 1. The van der Waals surface area contributed by atoms with Crippen molar-refractivity contribution in [2.75, 3.05) is 0 Å². The molecule has 18 heavy (non-hydrogen) atoms. The van der Waals surface area contributed by atoms with Crippen molar-refractivity contribution < 1.29 is 9.79 Å². The van der Waals surface area contributed by atoms with Crippen LogP contribution in [0.5, 0.6) is 0 Å². The van der Waals surface area contributed by atoms with Crippen LogP contribution in [0, 0.1) is 6.92 Å². The van der Waals surface area contributed by atoms with Gasteiger partial charge in [-0.2, -0.15) is 0 Å². The third kappa shape index (κ3) is 3.32. The molecule has 0 aromatic heterocycles. The summed E-state index contributed by atoms with van der Waals surface area (Å²) in [6, 6.07) is 4.08. The molecule has 2 N–H and O–H groups in total. The van der Waals surface area contributed by atoms with Crippen LogP contribution in [0.2, 0.25) is 0 Å². The van der Waals surface area contributed by atoms with Crippen LogP contribution in [0.15, 0.2) is 12.1 Å². The third-order valence-corrected chi connectivity index (χ3v) is 3.98. The van der Waals surface area contributed by atoms with Crippen LogP contribution < -0.4 is 5.30 Å². The van der Waals surface area contributed by atoms with Crippen molar-refractivity contribution in [3.8, 4) is 0 Å². The molecule has 102 valence electrons. The lowest BCUT2D eigenvalue weighted by atomic mass is 9.79. The summed E-state index contributed by atoms with van der Waals surface area (Å²) < 4.78 is 0. The highest BCUT2D eigenvalue weighted by Crippen LogP contribution is 2.35. The Morgan fingerprint density at radius 2 is 1.28 bits per heavy atom. The molecule has 0 amide bonds. The van der Waals surface area contributed by atoms with Crippen LogP contribution in [0.4, 0.5) is 0 Å². The second-order valence-corrected chi connectivity index (χ2v) is 8.03. The van der Waals surface area contributed by atoms with Gasteiger partial charge in [-0.3, -0.25) is 0 Å². The van der Waals surface area contributed by atoms with Crippen molar-refractivity contribution in [3.05, 3.63) is 28.8 Å². The van der Waals surface area contributed by atoms with E-state index in [9.17, 15) is 9.79 Å². The number of hydrogen-bond acceptors (Lipinski definition) is 2. The largest absolute Gasteiger partial charge is 0.347 e. The van der Waals surface area contributed by atoms with E-state index in [1.807, 2.05) is 13.0 Å². The Labute approximate surface area is 112 Å². The van der Waals surface area contributed by atoms with Crippen molar-refractivity contribution in [2.45, 2.75) is 59.3 Å². The molecule has 0 aliphatic heterocycles. The molecule has 1 aromatic rings. The van der Waals surface area contributed by atoms with E-state index in [4.69, 9.17) is 0 Å². The Bertz CT molecular complexity index is 437. The predicted octanol–water partition coefficient (Wildman–Crippen LogP) is 3.51. The van der Waals surface area contributed by atoms with E-state index < -0.39 is 8.38 Å². The van der Waals surface area contributed by atoms with Gasteiger partial charge in [0.25, 0.3) is 0 Å². The monoisotopic (exact) mass is 268 g/mol. The Morgan fingerprint density at radius 1 is 0.833 bits per heavy atom.